The summed E-state index contributed by atoms with van der Waals surface area (Å²) in [5.74, 6) is 2.70. The second-order valence-corrected chi connectivity index (χ2v) is 6.85. The highest BCUT2D eigenvalue weighted by Crippen LogP contribution is 2.33. The van der Waals surface area contributed by atoms with Gasteiger partial charge in [0.2, 0.25) is 5.95 Å². The van der Waals surface area contributed by atoms with Crippen molar-refractivity contribution < 1.29 is 19.0 Å². The number of carbonyl (C=O) groups excluding carboxylic acids is 1. The van der Waals surface area contributed by atoms with Gasteiger partial charge in [-0.25, -0.2) is 9.78 Å². The van der Waals surface area contributed by atoms with Gasteiger partial charge in [-0.1, -0.05) is 0 Å². The molecule has 1 aromatic carbocycles. The molecule has 0 atom stereocenters. The van der Waals surface area contributed by atoms with Gasteiger partial charge in [-0.3, -0.25) is 0 Å². The zero-order valence-electron chi connectivity index (χ0n) is 16.4. The lowest BCUT2D eigenvalue weighted by Gasteiger charge is -2.31. The van der Waals surface area contributed by atoms with Crippen LogP contribution in [0.5, 0.6) is 11.5 Å². The van der Waals surface area contributed by atoms with Crippen LogP contribution in [0, 0.1) is 0 Å². The third kappa shape index (κ3) is 4.79. The third-order valence-electron chi connectivity index (χ3n) is 4.83. The SMILES string of the molecule is CCOC(=O)N1CCC(Nc2ccnc(Nc3ccc4c(c3)OCCO4)n2)CC1. The van der Waals surface area contributed by atoms with Crippen molar-refractivity contribution in [2.45, 2.75) is 25.8 Å². The predicted octanol–water partition coefficient (Wildman–Crippen LogP) is 3.02. The lowest BCUT2D eigenvalue weighted by molar-refractivity contribution is 0.0983. The highest BCUT2D eigenvalue weighted by Gasteiger charge is 2.23. The maximum absolute atomic E-state index is 11.8. The number of hydrogen-bond acceptors (Lipinski definition) is 8. The number of nitrogens with one attached hydrogen (secondary N) is 2. The Bertz CT molecular complexity index is 855. The summed E-state index contributed by atoms with van der Waals surface area (Å²) >= 11 is 0. The molecule has 29 heavy (non-hydrogen) atoms. The summed E-state index contributed by atoms with van der Waals surface area (Å²) in [7, 11) is 0. The number of carbonyl (C=O) groups is 1. The van der Waals surface area contributed by atoms with Crippen LogP contribution in [0.1, 0.15) is 19.8 Å². The topological polar surface area (TPSA) is 97.8 Å². The normalized spacial score (nSPS) is 16.2. The van der Waals surface area contributed by atoms with Crippen LogP contribution in [-0.2, 0) is 4.74 Å². The van der Waals surface area contributed by atoms with Crippen molar-refractivity contribution in [3.63, 3.8) is 0 Å². The van der Waals surface area contributed by atoms with E-state index in [1.54, 1.807) is 11.1 Å². The molecule has 9 nitrogen and oxygen atoms in total. The summed E-state index contributed by atoms with van der Waals surface area (Å²) in [4.78, 5) is 22.4. The van der Waals surface area contributed by atoms with Crippen molar-refractivity contribution in [3.05, 3.63) is 30.5 Å². The van der Waals surface area contributed by atoms with Crippen LogP contribution in [0.2, 0.25) is 0 Å². The number of piperidine rings is 1. The monoisotopic (exact) mass is 399 g/mol. The van der Waals surface area contributed by atoms with Crippen molar-refractivity contribution >= 4 is 23.5 Å². The number of aromatic nitrogens is 2. The molecule has 2 N–H and O–H groups in total. The number of anilines is 3. The number of ether oxygens (including phenoxy) is 3. The van der Waals surface area contributed by atoms with Gasteiger partial charge in [0.1, 0.15) is 19.0 Å². The molecule has 4 rings (SSSR count). The van der Waals surface area contributed by atoms with Crippen LogP contribution in [0.3, 0.4) is 0 Å². The molecule has 0 bridgehead atoms. The Hall–Kier alpha value is -3.23. The maximum atomic E-state index is 11.8. The third-order valence-corrected chi connectivity index (χ3v) is 4.83. The minimum atomic E-state index is -0.237. The minimum absolute atomic E-state index is 0.237. The summed E-state index contributed by atoms with van der Waals surface area (Å²) in [6.45, 7) is 4.67. The number of amides is 1. The summed E-state index contributed by atoms with van der Waals surface area (Å²) in [6.07, 6.45) is 3.16. The molecule has 2 aromatic rings. The Morgan fingerprint density at radius 3 is 2.79 bits per heavy atom. The minimum Gasteiger partial charge on any atom is -0.486 e. The molecule has 2 aliphatic heterocycles. The summed E-state index contributed by atoms with van der Waals surface area (Å²) in [5.41, 5.74) is 0.828. The van der Waals surface area contributed by atoms with Crippen molar-refractivity contribution in [2.24, 2.45) is 0 Å². The molecule has 1 fully saturated rings. The van der Waals surface area contributed by atoms with E-state index in [9.17, 15) is 4.79 Å². The van der Waals surface area contributed by atoms with Gasteiger partial charge in [0.15, 0.2) is 11.5 Å². The van der Waals surface area contributed by atoms with Crippen LogP contribution < -0.4 is 20.1 Å². The average molecular weight is 399 g/mol. The lowest BCUT2D eigenvalue weighted by atomic mass is 10.1. The Kier molecular flexibility index (Phi) is 5.83. The van der Waals surface area contributed by atoms with E-state index < -0.39 is 0 Å². The first-order chi connectivity index (χ1) is 14.2. The maximum Gasteiger partial charge on any atom is 0.409 e. The molecule has 1 amide bonds. The molecular formula is C20H25N5O4. The molecular weight excluding hydrogens is 374 g/mol. The van der Waals surface area contributed by atoms with Gasteiger partial charge in [0.25, 0.3) is 0 Å². The quantitative estimate of drug-likeness (QED) is 0.792. The van der Waals surface area contributed by atoms with E-state index in [2.05, 4.69) is 20.6 Å². The first-order valence-corrected chi connectivity index (χ1v) is 9.89. The number of rotatable bonds is 5. The van der Waals surface area contributed by atoms with Crippen molar-refractivity contribution in [2.75, 3.05) is 43.5 Å². The van der Waals surface area contributed by atoms with E-state index in [1.807, 2.05) is 31.2 Å². The van der Waals surface area contributed by atoms with Crippen molar-refractivity contribution in [1.29, 1.82) is 0 Å². The predicted molar refractivity (Wildman–Crippen MR) is 108 cm³/mol. The van der Waals surface area contributed by atoms with E-state index in [0.717, 1.165) is 30.1 Å². The molecule has 0 aliphatic carbocycles. The van der Waals surface area contributed by atoms with Gasteiger partial charge in [-0.05, 0) is 38.0 Å². The largest absolute Gasteiger partial charge is 0.486 e. The van der Waals surface area contributed by atoms with E-state index in [-0.39, 0.29) is 12.1 Å². The Morgan fingerprint density at radius 1 is 1.21 bits per heavy atom. The Balaban J connectivity index is 1.34. The van der Waals surface area contributed by atoms with E-state index in [0.29, 0.717) is 44.6 Å². The van der Waals surface area contributed by atoms with Crippen LogP contribution in [0.15, 0.2) is 30.5 Å². The number of hydrogen-bond donors (Lipinski definition) is 2. The smallest absolute Gasteiger partial charge is 0.409 e. The van der Waals surface area contributed by atoms with Crippen LogP contribution in [-0.4, -0.2) is 59.9 Å². The zero-order valence-corrected chi connectivity index (χ0v) is 16.4. The first kappa shape index (κ1) is 19.1. The number of fused-ring (bicyclic) bond motifs is 1. The lowest BCUT2D eigenvalue weighted by Crippen LogP contribution is -2.42. The number of benzene rings is 1. The summed E-state index contributed by atoms with van der Waals surface area (Å²) in [6, 6.07) is 7.74. The van der Waals surface area contributed by atoms with Gasteiger partial charge >= 0.3 is 6.09 Å². The van der Waals surface area contributed by atoms with E-state index in [4.69, 9.17) is 14.2 Å². The molecule has 154 valence electrons. The van der Waals surface area contributed by atoms with Crippen molar-refractivity contribution in [3.8, 4) is 11.5 Å². The number of nitrogens with zero attached hydrogens (tertiary/aromatic N) is 3. The second-order valence-electron chi connectivity index (χ2n) is 6.85. The van der Waals surface area contributed by atoms with Gasteiger partial charge in [0, 0.05) is 37.1 Å². The number of likely N-dealkylation sites (tertiary alicyclic amines) is 1. The summed E-state index contributed by atoms with van der Waals surface area (Å²) < 4.78 is 16.2. The summed E-state index contributed by atoms with van der Waals surface area (Å²) in [5, 5.41) is 6.63. The standard InChI is InChI=1S/C20H25N5O4/c1-2-27-20(26)25-9-6-14(7-10-25)22-18-5-8-21-19(24-18)23-15-3-4-16-17(13-15)29-12-11-28-16/h3-5,8,13-14H,2,6-7,9-12H2,1H3,(H2,21,22,23,24). The fourth-order valence-corrected chi connectivity index (χ4v) is 3.38. The molecule has 0 saturated carbocycles. The zero-order chi connectivity index (χ0) is 20.1. The van der Waals surface area contributed by atoms with Crippen molar-refractivity contribution in [1.82, 2.24) is 14.9 Å². The average Bonchev–Trinajstić information content (AvgIpc) is 2.75. The fraction of sp³-hybridized carbons (Fsp3) is 0.450. The Labute approximate surface area is 169 Å². The highest BCUT2D eigenvalue weighted by atomic mass is 16.6. The van der Waals surface area contributed by atoms with Crippen LogP contribution in [0.25, 0.3) is 0 Å². The highest BCUT2D eigenvalue weighted by molar-refractivity contribution is 5.67. The van der Waals surface area contributed by atoms with Gasteiger partial charge in [0.05, 0.1) is 6.61 Å². The van der Waals surface area contributed by atoms with Crippen LogP contribution in [0.4, 0.5) is 22.2 Å². The first-order valence-electron chi connectivity index (χ1n) is 9.89. The second kappa shape index (κ2) is 8.85. The van der Waals surface area contributed by atoms with Crippen LogP contribution >= 0.6 is 0 Å². The molecule has 1 saturated heterocycles. The van der Waals surface area contributed by atoms with Gasteiger partial charge in [-0.15, -0.1) is 0 Å². The molecule has 9 heteroatoms. The fourth-order valence-electron chi connectivity index (χ4n) is 3.38. The molecule has 3 heterocycles. The van der Waals surface area contributed by atoms with E-state index >= 15 is 0 Å². The molecule has 0 unspecified atom stereocenters. The van der Waals surface area contributed by atoms with E-state index in [1.165, 1.54) is 0 Å². The molecule has 2 aliphatic rings. The van der Waals surface area contributed by atoms with Gasteiger partial charge in [-0.2, -0.15) is 4.98 Å². The molecule has 1 aromatic heterocycles. The Morgan fingerprint density at radius 2 is 2.00 bits per heavy atom. The molecule has 0 spiro atoms. The molecule has 0 radical (unpaired) electrons. The van der Waals surface area contributed by atoms with Gasteiger partial charge < -0.3 is 29.7 Å².